The summed E-state index contributed by atoms with van der Waals surface area (Å²) in [4.78, 5) is 28.3. The van der Waals surface area contributed by atoms with Crippen LogP contribution in [0, 0.1) is 5.82 Å². The standard InChI is InChI=1S/C28H28FN3O4/c1-35-17-16-31(28(34)22-10-14-24(36-2)15-11-22)19-27(33)32-26(21-6-4-3-5-7-21)18-25(30-32)20-8-12-23(29)13-9-20/h3-15,26H,16-19H2,1-2H3. The Labute approximate surface area is 209 Å². The summed E-state index contributed by atoms with van der Waals surface area (Å²) in [6.45, 7) is 0.352. The first-order chi connectivity index (χ1) is 17.5. The zero-order valence-electron chi connectivity index (χ0n) is 20.3. The minimum absolute atomic E-state index is 0.169. The third kappa shape index (κ3) is 5.78. The number of hydrogen-bond donors (Lipinski definition) is 0. The number of rotatable bonds is 9. The average molecular weight is 490 g/mol. The molecule has 0 radical (unpaired) electrons. The third-order valence-electron chi connectivity index (χ3n) is 6.04. The second kappa shape index (κ2) is 11.6. The number of hydrazone groups is 1. The molecule has 1 atom stereocenters. The van der Waals surface area contributed by atoms with Crippen molar-refractivity contribution in [2.24, 2.45) is 5.10 Å². The van der Waals surface area contributed by atoms with Gasteiger partial charge in [-0.1, -0.05) is 42.5 Å². The van der Waals surface area contributed by atoms with Crippen molar-refractivity contribution < 1.29 is 23.5 Å². The van der Waals surface area contributed by atoms with Crippen LogP contribution in [0.4, 0.5) is 4.39 Å². The van der Waals surface area contributed by atoms with Gasteiger partial charge in [-0.05, 0) is 47.5 Å². The van der Waals surface area contributed by atoms with E-state index in [9.17, 15) is 14.0 Å². The quantitative estimate of drug-likeness (QED) is 0.449. The molecule has 7 nitrogen and oxygen atoms in total. The normalized spacial score (nSPS) is 14.9. The molecule has 36 heavy (non-hydrogen) atoms. The van der Waals surface area contributed by atoms with Gasteiger partial charge in [-0.15, -0.1) is 0 Å². The molecule has 4 rings (SSSR count). The van der Waals surface area contributed by atoms with Crippen molar-refractivity contribution in [3.8, 4) is 5.75 Å². The molecule has 0 saturated heterocycles. The highest BCUT2D eigenvalue weighted by Gasteiger charge is 2.34. The third-order valence-corrected chi connectivity index (χ3v) is 6.04. The minimum Gasteiger partial charge on any atom is -0.497 e. The fourth-order valence-corrected chi connectivity index (χ4v) is 4.10. The van der Waals surface area contributed by atoms with E-state index in [0.717, 1.165) is 11.1 Å². The van der Waals surface area contributed by atoms with E-state index >= 15 is 0 Å². The number of carbonyl (C=O) groups is 2. The number of amides is 2. The lowest BCUT2D eigenvalue weighted by Crippen LogP contribution is -2.42. The Hall–Kier alpha value is -4.04. The van der Waals surface area contributed by atoms with Crippen LogP contribution in [0.3, 0.4) is 0 Å². The van der Waals surface area contributed by atoms with E-state index in [1.165, 1.54) is 22.0 Å². The number of halogens is 1. The Kier molecular flexibility index (Phi) is 8.07. The second-order valence-corrected chi connectivity index (χ2v) is 8.37. The van der Waals surface area contributed by atoms with Gasteiger partial charge in [0.15, 0.2) is 0 Å². The SMILES string of the molecule is COCCN(CC(=O)N1N=C(c2ccc(F)cc2)CC1c1ccccc1)C(=O)c1ccc(OC)cc1. The van der Waals surface area contributed by atoms with Gasteiger partial charge in [0, 0.05) is 25.6 Å². The zero-order valence-corrected chi connectivity index (χ0v) is 20.3. The number of hydrogen-bond acceptors (Lipinski definition) is 5. The van der Waals surface area contributed by atoms with Crippen LogP contribution in [0.1, 0.15) is 33.9 Å². The van der Waals surface area contributed by atoms with Gasteiger partial charge in [0.1, 0.15) is 18.1 Å². The lowest BCUT2D eigenvalue weighted by atomic mass is 9.98. The first-order valence-electron chi connectivity index (χ1n) is 11.6. The summed E-state index contributed by atoms with van der Waals surface area (Å²) in [5.41, 5.74) is 2.80. The summed E-state index contributed by atoms with van der Waals surface area (Å²) in [7, 11) is 3.10. The Morgan fingerprint density at radius 1 is 1.00 bits per heavy atom. The first-order valence-corrected chi connectivity index (χ1v) is 11.6. The number of ether oxygens (including phenoxy) is 2. The van der Waals surface area contributed by atoms with Crippen molar-refractivity contribution in [1.82, 2.24) is 9.91 Å². The number of benzene rings is 3. The molecule has 186 valence electrons. The molecule has 0 saturated carbocycles. The predicted molar refractivity (Wildman–Crippen MR) is 134 cm³/mol. The largest absolute Gasteiger partial charge is 0.497 e. The van der Waals surface area contributed by atoms with Crippen LogP contribution in [0.2, 0.25) is 0 Å². The maximum atomic E-state index is 13.6. The molecule has 0 fully saturated rings. The van der Waals surface area contributed by atoms with Crippen LogP contribution in [0.15, 0.2) is 84.0 Å². The van der Waals surface area contributed by atoms with Crippen LogP contribution in [-0.4, -0.2) is 61.4 Å². The van der Waals surface area contributed by atoms with Crippen LogP contribution in [-0.2, 0) is 9.53 Å². The van der Waals surface area contributed by atoms with E-state index in [1.807, 2.05) is 30.3 Å². The van der Waals surface area contributed by atoms with Crippen molar-refractivity contribution in [3.63, 3.8) is 0 Å². The molecule has 2 amide bonds. The van der Waals surface area contributed by atoms with Gasteiger partial charge in [-0.3, -0.25) is 9.59 Å². The van der Waals surface area contributed by atoms with E-state index in [1.54, 1.807) is 50.6 Å². The second-order valence-electron chi connectivity index (χ2n) is 8.37. The molecule has 1 aliphatic heterocycles. The van der Waals surface area contributed by atoms with Crippen LogP contribution >= 0.6 is 0 Å². The van der Waals surface area contributed by atoms with Crippen molar-refractivity contribution in [2.45, 2.75) is 12.5 Å². The Morgan fingerprint density at radius 3 is 2.33 bits per heavy atom. The van der Waals surface area contributed by atoms with Crippen molar-refractivity contribution in [3.05, 3.63) is 101 Å². The van der Waals surface area contributed by atoms with E-state index in [2.05, 4.69) is 5.10 Å². The maximum Gasteiger partial charge on any atom is 0.262 e. The van der Waals surface area contributed by atoms with E-state index < -0.39 is 0 Å². The summed E-state index contributed by atoms with van der Waals surface area (Å²) in [5.74, 6) is -0.313. The number of carbonyl (C=O) groups excluding carboxylic acids is 2. The monoisotopic (exact) mass is 489 g/mol. The zero-order chi connectivity index (χ0) is 25.5. The van der Waals surface area contributed by atoms with Crippen molar-refractivity contribution >= 4 is 17.5 Å². The van der Waals surface area contributed by atoms with Crippen LogP contribution < -0.4 is 4.74 Å². The molecular weight excluding hydrogens is 461 g/mol. The Morgan fingerprint density at radius 2 is 1.69 bits per heavy atom. The first kappa shape index (κ1) is 25.1. The van der Waals surface area contributed by atoms with E-state index in [0.29, 0.717) is 23.4 Å². The van der Waals surface area contributed by atoms with E-state index in [4.69, 9.17) is 9.47 Å². The molecule has 0 N–H and O–H groups in total. The molecule has 1 aliphatic rings. The van der Waals surface area contributed by atoms with Gasteiger partial charge in [-0.2, -0.15) is 5.10 Å². The van der Waals surface area contributed by atoms with Gasteiger partial charge in [0.25, 0.3) is 11.8 Å². The van der Waals surface area contributed by atoms with Gasteiger partial charge >= 0.3 is 0 Å². The fraction of sp³-hybridized carbons (Fsp3) is 0.250. The maximum absolute atomic E-state index is 13.6. The molecule has 8 heteroatoms. The molecule has 0 aliphatic carbocycles. The smallest absolute Gasteiger partial charge is 0.262 e. The highest BCUT2D eigenvalue weighted by molar-refractivity contribution is 6.03. The van der Waals surface area contributed by atoms with Crippen molar-refractivity contribution in [2.75, 3.05) is 33.9 Å². The summed E-state index contributed by atoms with van der Waals surface area (Å²) in [6.07, 6.45) is 0.478. The lowest BCUT2D eigenvalue weighted by Gasteiger charge is -2.27. The Bertz CT molecular complexity index is 1210. The summed E-state index contributed by atoms with van der Waals surface area (Å²) in [5, 5.41) is 6.07. The van der Waals surface area contributed by atoms with Gasteiger partial charge < -0.3 is 14.4 Å². The lowest BCUT2D eigenvalue weighted by molar-refractivity contribution is -0.133. The average Bonchev–Trinajstić information content (AvgIpc) is 3.37. The highest BCUT2D eigenvalue weighted by atomic mass is 19.1. The highest BCUT2D eigenvalue weighted by Crippen LogP contribution is 2.33. The molecule has 1 heterocycles. The van der Waals surface area contributed by atoms with Crippen LogP contribution in [0.25, 0.3) is 0 Å². The molecule has 3 aromatic rings. The predicted octanol–water partition coefficient (Wildman–Crippen LogP) is 4.30. The van der Waals surface area contributed by atoms with Gasteiger partial charge in [-0.25, -0.2) is 9.40 Å². The molecule has 0 aromatic heterocycles. The summed E-state index contributed by atoms with van der Waals surface area (Å²) < 4.78 is 23.8. The molecule has 3 aromatic carbocycles. The van der Waals surface area contributed by atoms with Gasteiger partial charge in [0.2, 0.25) is 0 Å². The molecule has 0 bridgehead atoms. The summed E-state index contributed by atoms with van der Waals surface area (Å²) >= 11 is 0. The number of methoxy groups -OCH3 is 2. The fourth-order valence-electron chi connectivity index (χ4n) is 4.10. The minimum atomic E-state index is -0.337. The topological polar surface area (TPSA) is 71.4 Å². The molecule has 0 spiro atoms. The van der Waals surface area contributed by atoms with Crippen LogP contribution in [0.5, 0.6) is 5.75 Å². The number of nitrogens with zero attached hydrogens (tertiary/aromatic N) is 3. The molecule has 1 unspecified atom stereocenters. The Balaban J connectivity index is 1.60. The summed E-state index contributed by atoms with van der Waals surface area (Å²) in [6, 6.07) is 22.1. The van der Waals surface area contributed by atoms with E-state index in [-0.39, 0.29) is 43.4 Å². The van der Waals surface area contributed by atoms with Crippen molar-refractivity contribution in [1.29, 1.82) is 0 Å². The molecular formula is C28H28FN3O4. The van der Waals surface area contributed by atoms with Gasteiger partial charge in [0.05, 0.1) is 25.5 Å².